The van der Waals surface area contributed by atoms with Crippen molar-refractivity contribution in [2.24, 2.45) is 5.92 Å². The summed E-state index contributed by atoms with van der Waals surface area (Å²) in [7, 11) is 0. The van der Waals surface area contributed by atoms with E-state index in [1.807, 2.05) is 11.0 Å². The number of carbonyl (C=O) groups is 2. The van der Waals surface area contributed by atoms with Gasteiger partial charge in [-0.25, -0.2) is 0 Å². The molecule has 1 saturated heterocycles. The smallest absolute Gasteiger partial charge is 0.281 e. The Kier molecular flexibility index (Phi) is 4.33. The van der Waals surface area contributed by atoms with Crippen molar-refractivity contribution in [3.63, 3.8) is 0 Å². The Morgan fingerprint density at radius 2 is 2.21 bits per heavy atom. The van der Waals surface area contributed by atoms with Gasteiger partial charge in [-0.3, -0.25) is 9.59 Å². The van der Waals surface area contributed by atoms with E-state index in [0.717, 1.165) is 42.6 Å². The molecule has 1 aromatic rings. The van der Waals surface area contributed by atoms with Crippen molar-refractivity contribution in [1.29, 1.82) is 0 Å². The average Bonchev–Trinajstić information content (AvgIpc) is 3.45. The van der Waals surface area contributed by atoms with Gasteiger partial charge in [0, 0.05) is 37.2 Å². The van der Waals surface area contributed by atoms with Gasteiger partial charge in [-0.15, -0.1) is 0 Å². The van der Waals surface area contributed by atoms with Crippen molar-refractivity contribution in [2.45, 2.75) is 51.1 Å². The molecular formula is C18H24N2O3S. The second-order valence-corrected chi connectivity index (χ2v) is 8.27. The monoisotopic (exact) mass is 348 g/mol. The van der Waals surface area contributed by atoms with Gasteiger partial charge in [0.15, 0.2) is 0 Å². The Bertz CT molecular complexity index is 640. The Labute approximate surface area is 146 Å². The lowest BCUT2D eigenvalue weighted by molar-refractivity contribution is -0.132. The lowest BCUT2D eigenvalue weighted by Crippen LogP contribution is -2.35. The molecule has 24 heavy (non-hydrogen) atoms. The fourth-order valence-electron chi connectivity index (χ4n) is 3.38. The SMILES string of the molecule is C[C@H]1C[C@@H]1c1ccc(CN(C(=O)CCN2CCSC2=O)C2CC2)o1. The van der Waals surface area contributed by atoms with E-state index in [1.165, 1.54) is 18.2 Å². The maximum absolute atomic E-state index is 12.6. The molecule has 2 saturated carbocycles. The first kappa shape index (κ1) is 16.1. The molecule has 1 aromatic heterocycles. The van der Waals surface area contributed by atoms with Crippen molar-refractivity contribution in [3.8, 4) is 0 Å². The molecule has 5 nitrogen and oxygen atoms in total. The van der Waals surface area contributed by atoms with Crippen molar-refractivity contribution in [2.75, 3.05) is 18.8 Å². The predicted octanol–water partition coefficient (Wildman–Crippen LogP) is 3.45. The van der Waals surface area contributed by atoms with E-state index in [4.69, 9.17) is 4.42 Å². The number of furan rings is 1. The zero-order chi connectivity index (χ0) is 16.7. The van der Waals surface area contributed by atoms with Crippen LogP contribution in [0.4, 0.5) is 4.79 Å². The highest BCUT2D eigenvalue weighted by Gasteiger charge is 2.37. The van der Waals surface area contributed by atoms with Crippen molar-refractivity contribution < 1.29 is 14.0 Å². The van der Waals surface area contributed by atoms with Gasteiger partial charge < -0.3 is 14.2 Å². The first-order valence-corrected chi connectivity index (χ1v) is 9.90. The normalized spacial score (nSPS) is 26.0. The average molecular weight is 348 g/mol. The van der Waals surface area contributed by atoms with E-state index >= 15 is 0 Å². The molecule has 2 heterocycles. The van der Waals surface area contributed by atoms with E-state index in [-0.39, 0.29) is 11.1 Å². The fraction of sp³-hybridized carbons (Fsp3) is 0.667. The maximum Gasteiger partial charge on any atom is 0.281 e. The molecule has 0 aromatic carbocycles. The second kappa shape index (κ2) is 6.47. The third-order valence-corrected chi connectivity index (χ3v) is 6.12. The van der Waals surface area contributed by atoms with Crippen LogP contribution in [0, 0.1) is 5.92 Å². The molecule has 0 radical (unpaired) electrons. The fourth-order valence-corrected chi connectivity index (χ4v) is 4.23. The Hall–Kier alpha value is -1.43. The molecule has 1 aliphatic heterocycles. The van der Waals surface area contributed by atoms with Gasteiger partial charge in [0.25, 0.3) is 5.24 Å². The van der Waals surface area contributed by atoms with Crippen LogP contribution in [-0.4, -0.2) is 45.8 Å². The van der Waals surface area contributed by atoms with E-state index < -0.39 is 0 Å². The molecule has 2 amide bonds. The van der Waals surface area contributed by atoms with Gasteiger partial charge in [-0.05, 0) is 37.3 Å². The summed E-state index contributed by atoms with van der Waals surface area (Å²) in [5.74, 6) is 4.23. The van der Waals surface area contributed by atoms with Crippen LogP contribution >= 0.6 is 11.8 Å². The maximum atomic E-state index is 12.6. The highest BCUT2D eigenvalue weighted by molar-refractivity contribution is 8.13. The third-order valence-electron chi connectivity index (χ3n) is 5.23. The van der Waals surface area contributed by atoms with E-state index in [1.54, 1.807) is 4.90 Å². The largest absolute Gasteiger partial charge is 0.464 e. The predicted molar refractivity (Wildman–Crippen MR) is 92.8 cm³/mol. The summed E-state index contributed by atoms with van der Waals surface area (Å²) in [6, 6.07) is 4.44. The molecule has 2 atom stereocenters. The number of amides is 2. The summed E-state index contributed by atoms with van der Waals surface area (Å²) in [5.41, 5.74) is 0. The second-order valence-electron chi connectivity index (χ2n) is 7.23. The minimum atomic E-state index is 0.106. The summed E-state index contributed by atoms with van der Waals surface area (Å²) >= 11 is 1.35. The zero-order valence-corrected chi connectivity index (χ0v) is 14.9. The van der Waals surface area contributed by atoms with Crippen LogP contribution in [0.1, 0.15) is 50.0 Å². The van der Waals surface area contributed by atoms with Crippen LogP contribution < -0.4 is 0 Å². The first-order valence-electron chi connectivity index (χ1n) is 8.91. The summed E-state index contributed by atoms with van der Waals surface area (Å²) in [4.78, 5) is 28.0. The van der Waals surface area contributed by atoms with Crippen molar-refractivity contribution in [3.05, 3.63) is 23.7 Å². The standard InChI is InChI=1S/C18H24N2O3S/c1-12-10-15(12)16-5-4-14(23-16)11-20(13-2-3-13)17(21)6-7-19-8-9-24-18(19)22/h4-5,12-13,15H,2-3,6-11H2,1H3/t12-,15-/m0/s1. The number of hydrogen-bond donors (Lipinski definition) is 0. The quantitative estimate of drug-likeness (QED) is 0.757. The van der Waals surface area contributed by atoms with Crippen LogP contribution in [0.15, 0.2) is 16.5 Å². The van der Waals surface area contributed by atoms with Crippen LogP contribution in [-0.2, 0) is 11.3 Å². The van der Waals surface area contributed by atoms with Crippen LogP contribution in [0.3, 0.4) is 0 Å². The number of nitrogens with zero attached hydrogens (tertiary/aromatic N) is 2. The van der Waals surface area contributed by atoms with Crippen molar-refractivity contribution >= 4 is 22.9 Å². The van der Waals surface area contributed by atoms with Gasteiger partial charge in [0.2, 0.25) is 5.91 Å². The lowest BCUT2D eigenvalue weighted by Gasteiger charge is -2.23. The van der Waals surface area contributed by atoms with Crippen molar-refractivity contribution in [1.82, 2.24) is 9.80 Å². The molecule has 0 spiro atoms. The summed E-state index contributed by atoms with van der Waals surface area (Å²) < 4.78 is 5.97. The molecule has 130 valence electrons. The topological polar surface area (TPSA) is 53.8 Å². The van der Waals surface area contributed by atoms with Crippen LogP contribution in [0.25, 0.3) is 0 Å². The molecule has 4 rings (SSSR count). The summed E-state index contributed by atoms with van der Waals surface area (Å²) in [6.07, 6.45) is 3.78. The van der Waals surface area contributed by atoms with E-state index in [9.17, 15) is 9.59 Å². The van der Waals surface area contributed by atoms with Gasteiger partial charge in [-0.1, -0.05) is 18.7 Å². The number of hydrogen-bond acceptors (Lipinski definition) is 4. The van der Waals surface area contributed by atoms with Gasteiger partial charge in [0.1, 0.15) is 11.5 Å². The summed E-state index contributed by atoms with van der Waals surface area (Å²) in [5, 5.41) is 0.106. The number of carbonyl (C=O) groups excluding carboxylic acids is 2. The first-order chi connectivity index (χ1) is 11.6. The Morgan fingerprint density at radius 3 is 2.83 bits per heavy atom. The minimum Gasteiger partial charge on any atom is -0.464 e. The summed E-state index contributed by atoms with van der Waals surface area (Å²) in [6.45, 7) is 4.11. The Balaban J connectivity index is 1.34. The molecule has 6 heteroatoms. The molecule has 0 N–H and O–H groups in total. The Morgan fingerprint density at radius 1 is 1.42 bits per heavy atom. The highest BCUT2D eigenvalue weighted by Crippen LogP contribution is 2.47. The van der Waals surface area contributed by atoms with Gasteiger partial charge >= 0.3 is 0 Å². The lowest BCUT2D eigenvalue weighted by atomic mass is 10.2. The van der Waals surface area contributed by atoms with Gasteiger partial charge in [0.05, 0.1) is 6.54 Å². The molecule has 2 aliphatic carbocycles. The highest BCUT2D eigenvalue weighted by atomic mass is 32.2. The van der Waals surface area contributed by atoms with Crippen LogP contribution in [0.2, 0.25) is 0 Å². The molecule has 3 aliphatic rings. The number of thioether (sulfide) groups is 1. The third kappa shape index (κ3) is 3.48. The van der Waals surface area contributed by atoms with Gasteiger partial charge in [-0.2, -0.15) is 0 Å². The molecular weight excluding hydrogens is 324 g/mol. The van der Waals surface area contributed by atoms with E-state index in [2.05, 4.69) is 13.0 Å². The van der Waals surface area contributed by atoms with Crippen LogP contribution in [0.5, 0.6) is 0 Å². The number of rotatable bonds is 7. The minimum absolute atomic E-state index is 0.106. The molecule has 0 unspecified atom stereocenters. The zero-order valence-electron chi connectivity index (χ0n) is 14.1. The molecule has 0 bridgehead atoms. The van der Waals surface area contributed by atoms with E-state index in [0.29, 0.717) is 31.5 Å². The molecule has 3 fully saturated rings.